The van der Waals surface area contributed by atoms with Crippen molar-refractivity contribution in [2.45, 2.75) is 44.6 Å². The Kier molecular flexibility index (Phi) is 2.83. The molecule has 1 aromatic carbocycles. The molecule has 0 unspecified atom stereocenters. The Morgan fingerprint density at radius 2 is 2.00 bits per heavy atom. The minimum atomic E-state index is 0.649. The second-order valence-corrected chi connectivity index (χ2v) is 4.92. The van der Waals surface area contributed by atoms with Gasteiger partial charge in [-0.15, -0.1) is 0 Å². The van der Waals surface area contributed by atoms with Gasteiger partial charge in [0.05, 0.1) is 0 Å². The van der Waals surface area contributed by atoms with Crippen LogP contribution in [0.4, 0.5) is 0 Å². The van der Waals surface area contributed by atoms with E-state index in [0.29, 0.717) is 6.73 Å². The number of hydrogen-bond acceptors (Lipinski definition) is 2. The molecule has 2 aliphatic rings. The molecule has 16 heavy (non-hydrogen) atoms. The predicted octanol–water partition coefficient (Wildman–Crippen LogP) is 3.17. The van der Waals surface area contributed by atoms with Crippen LogP contribution in [0.5, 0.6) is 5.75 Å². The van der Waals surface area contributed by atoms with Crippen molar-refractivity contribution in [3.8, 4) is 5.75 Å². The van der Waals surface area contributed by atoms with Crippen LogP contribution in [0.1, 0.15) is 49.1 Å². The van der Waals surface area contributed by atoms with E-state index in [0.717, 1.165) is 18.2 Å². The zero-order valence-electron chi connectivity index (χ0n) is 9.67. The molecule has 1 aliphatic heterocycles. The summed E-state index contributed by atoms with van der Waals surface area (Å²) < 4.78 is 5.55. The highest BCUT2D eigenvalue weighted by molar-refractivity contribution is 5.39. The fourth-order valence-corrected chi connectivity index (χ4v) is 2.88. The SMILES string of the molecule is c1cc2c(cc1C1CCCCC1)CNCO2. The van der Waals surface area contributed by atoms with E-state index in [4.69, 9.17) is 4.74 Å². The van der Waals surface area contributed by atoms with E-state index in [1.807, 2.05) is 0 Å². The Bertz CT molecular complexity index is 369. The van der Waals surface area contributed by atoms with Crippen molar-refractivity contribution in [3.05, 3.63) is 29.3 Å². The molecule has 86 valence electrons. The summed E-state index contributed by atoms with van der Waals surface area (Å²) in [6.45, 7) is 1.60. The van der Waals surface area contributed by atoms with Gasteiger partial charge in [-0.2, -0.15) is 0 Å². The summed E-state index contributed by atoms with van der Waals surface area (Å²) in [5.74, 6) is 1.86. The Morgan fingerprint density at radius 1 is 1.12 bits per heavy atom. The van der Waals surface area contributed by atoms with Gasteiger partial charge in [-0.1, -0.05) is 31.4 Å². The summed E-state index contributed by atoms with van der Waals surface area (Å²) in [5, 5.41) is 3.25. The maximum atomic E-state index is 5.55. The van der Waals surface area contributed by atoms with Crippen molar-refractivity contribution >= 4 is 0 Å². The Labute approximate surface area is 97.0 Å². The molecule has 3 rings (SSSR count). The summed E-state index contributed by atoms with van der Waals surface area (Å²) in [6.07, 6.45) is 6.96. The van der Waals surface area contributed by atoms with Gasteiger partial charge in [0.15, 0.2) is 0 Å². The van der Waals surface area contributed by atoms with Crippen LogP contribution in [0.15, 0.2) is 18.2 Å². The smallest absolute Gasteiger partial charge is 0.139 e. The number of benzene rings is 1. The van der Waals surface area contributed by atoms with E-state index in [-0.39, 0.29) is 0 Å². The largest absolute Gasteiger partial charge is 0.478 e. The molecule has 0 bridgehead atoms. The van der Waals surface area contributed by atoms with Gasteiger partial charge in [-0.3, -0.25) is 5.32 Å². The lowest BCUT2D eigenvalue weighted by Gasteiger charge is -2.24. The standard InChI is InChI=1S/C14H19NO/c1-2-4-11(5-3-1)12-6-7-14-13(8-12)9-15-10-16-14/h6-8,11,15H,1-5,9-10H2. The summed E-state index contributed by atoms with van der Waals surface area (Å²) in [4.78, 5) is 0. The number of rotatable bonds is 1. The number of nitrogens with one attached hydrogen (secondary N) is 1. The molecule has 1 saturated carbocycles. The molecule has 0 amide bonds. The fourth-order valence-electron chi connectivity index (χ4n) is 2.88. The van der Waals surface area contributed by atoms with Gasteiger partial charge in [0, 0.05) is 12.1 Å². The van der Waals surface area contributed by atoms with E-state index in [1.165, 1.54) is 43.2 Å². The quantitative estimate of drug-likeness (QED) is 0.780. The second-order valence-electron chi connectivity index (χ2n) is 4.92. The number of ether oxygens (including phenoxy) is 1. The van der Waals surface area contributed by atoms with Gasteiger partial charge in [0.1, 0.15) is 12.5 Å². The maximum absolute atomic E-state index is 5.55. The van der Waals surface area contributed by atoms with Crippen LogP contribution < -0.4 is 10.1 Å². The van der Waals surface area contributed by atoms with Gasteiger partial charge in [0.25, 0.3) is 0 Å². The molecular weight excluding hydrogens is 198 g/mol. The summed E-state index contributed by atoms with van der Waals surface area (Å²) >= 11 is 0. The molecule has 0 saturated heterocycles. The second kappa shape index (κ2) is 4.46. The maximum Gasteiger partial charge on any atom is 0.139 e. The van der Waals surface area contributed by atoms with Crippen molar-refractivity contribution in [2.75, 3.05) is 6.73 Å². The highest BCUT2D eigenvalue weighted by Gasteiger charge is 2.17. The predicted molar refractivity (Wildman–Crippen MR) is 64.6 cm³/mol. The lowest BCUT2D eigenvalue weighted by Crippen LogP contribution is -2.25. The van der Waals surface area contributed by atoms with Gasteiger partial charge >= 0.3 is 0 Å². The van der Waals surface area contributed by atoms with Gasteiger partial charge in [0.2, 0.25) is 0 Å². The molecule has 1 N–H and O–H groups in total. The Morgan fingerprint density at radius 3 is 2.88 bits per heavy atom. The van der Waals surface area contributed by atoms with Gasteiger partial charge < -0.3 is 4.74 Å². The molecule has 1 fully saturated rings. The van der Waals surface area contributed by atoms with Crippen LogP contribution in [-0.4, -0.2) is 6.73 Å². The van der Waals surface area contributed by atoms with Crippen molar-refractivity contribution in [1.82, 2.24) is 5.32 Å². The lowest BCUT2D eigenvalue weighted by atomic mass is 9.83. The number of fused-ring (bicyclic) bond motifs is 1. The van der Waals surface area contributed by atoms with Crippen LogP contribution >= 0.6 is 0 Å². The molecule has 0 spiro atoms. The van der Waals surface area contributed by atoms with Crippen molar-refractivity contribution in [2.24, 2.45) is 0 Å². The average Bonchev–Trinajstić information content (AvgIpc) is 2.39. The van der Waals surface area contributed by atoms with E-state index < -0.39 is 0 Å². The molecular formula is C14H19NO. The van der Waals surface area contributed by atoms with Crippen molar-refractivity contribution in [1.29, 1.82) is 0 Å². The molecule has 1 aliphatic carbocycles. The van der Waals surface area contributed by atoms with Crippen LogP contribution in [0, 0.1) is 0 Å². The Balaban J connectivity index is 1.84. The zero-order chi connectivity index (χ0) is 10.8. The minimum Gasteiger partial charge on any atom is -0.478 e. The highest BCUT2D eigenvalue weighted by atomic mass is 16.5. The molecule has 2 heteroatoms. The molecule has 0 aromatic heterocycles. The molecule has 1 aromatic rings. The zero-order valence-corrected chi connectivity index (χ0v) is 9.67. The third-order valence-corrected chi connectivity index (χ3v) is 3.81. The van der Waals surface area contributed by atoms with E-state index >= 15 is 0 Å². The normalized spacial score (nSPS) is 21.2. The summed E-state index contributed by atoms with van der Waals surface area (Å²) in [6, 6.07) is 6.76. The topological polar surface area (TPSA) is 21.3 Å². The summed E-state index contributed by atoms with van der Waals surface area (Å²) in [5.41, 5.74) is 2.85. The van der Waals surface area contributed by atoms with Gasteiger partial charge in [-0.25, -0.2) is 0 Å². The summed E-state index contributed by atoms with van der Waals surface area (Å²) in [7, 11) is 0. The molecule has 0 radical (unpaired) electrons. The van der Waals surface area contributed by atoms with Crippen LogP contribution in [-0.2, 0) is 6.54 Å². The first kappa shape index (κ1) is 10.2. The molecule has 2 nitrogen and oxygen atoms in total. The number of hydrogen-bond donors (Lipinski definition) is 1. The van der Waals surface area contributed by atoms with Crippen LogP contribution in [0.2, 0.25) is 0 Å². The first-order valence-corrected chi connectivity index (χ1v) is 6.40. The monoisotopic (exact) mass is 217 g/mol. The van der Waals surface area contributed by atoms with Crippen LogP contribution in [0.3, 0.4) is 0 Å². The van der Waals surface area contributed by atoms with Crippen molar-refractivity contribution < 1.29 is 4.74 Å². The Hall–Kier alpha value is -1.02. The van der Waals surface area contributed by atoms with E-state index in [9.17, 15) is 0 Å². The van der Waals surface area contributed by atoms with Gasteiger partial charge in [-0.05, 0) is 30.4 Å². The first-order chi connectivity index (χ1) is 7.93. The third kappa shape index (κ3) is 1.94. The minimum absolute atomic E-state index is 0.649. The molecule has 1 heterocycles. The van der Waals surface area contributed by atoms with E-state index in [2.05, 4.69) is 23.5 Å². The highest BCUT2D eigenvalue weighted by Crippen LogP contribution is 2.35. The van der Waals surface area contributed by atoms with E-state index in [1.54, 1.807) is 0 Å². The third-order valence-electron chi connectivity index (χ3n) is 3.81. The lowest BCUT2D eigenvalue weighted by molar-refractivity contribution is 0.257. The first-order valence-electron chi connectivity index (χ1n) is 6.40. The fraction of sp³-hybridized carbons (Fsp3) is 0.571. The van der Waals surface area contributed by atoms with Crippen LogP contribution in [0.25, 0.3) is 0 Å². The average molecular weight is 217 g/mol. The molecule has 0 atom stereocenters. The van der Waals surface area contributed by atoms with Crippen molar-refractivity contribution in [3.63, 3.8) is 0 Å².